The summed E-state index contributed by atoms with van der Waals surface area (Å²) >= 11 is 0. The second-order valence-corrected chi connectivity index (χ2v) is 21.5. The van der Waals surface area contributed by atoms with Gasteiger partial charge in [-0.15, -0.1) is 0 Å². The number of aromatic amines is 2. The third-order valence-corrected chi connectivity index (χ3v) is 14.2. The average Bonchev–Trinajstić information content (AvgIpc) is 3.99. The summed E-state index contributed by atoms with van der Waals surface area (Å²) in [6, 6.07) is 0. The highest BCUT2D eigenvalue weighted by atomic mass is 16.6. The van der Waals surface area contributed by atoms with Crippen LogP contribution in [-0.4, -0.2) is 140 Å². The minimum atomic E-state index is -0.474. The summed E-state index contributed by atoms with van der Waals surface area (Å²) in [6.07, 6.45) is 16.7. The van der Waals surface area contributed by atoms with Crippen LogP contribution in [0.1, 0.15) is 181 Å². The summed E-state index contributed by atoms with van der Waals surface area (Å²) in [5, 5.41) is 15.5. The Labute approximate surface area is 373 Å². The van der Waals surface area contributed by atoms with Crippen molar-refractivity contribution in [2.24, 2.45) is 0 Å². The highest BCUT2D eigenvalue weighted by molar-refractivity contribution is 5.68. The third-order valence-electron chi connectivity index (χ3n) is 14.2. The molecule has 2 aromatic rings. The Hall–Kier alpha value is -3.20. The van der Waals surface area contributed by atoms with Crippen LogP contribution in [-0.2, 0) is 32.0 Å². The predicted octanol–water partition coefficient (Wildman–Crippen LogP) is 9.39. The van der Waals surface area contributed by atoms with E-state index in [1.807, 2.05) is 53.9 Å². The van der Waals surface area contributed by atoms with Gasteiger partial charge < -0.3 is 38.5 Å². The lowest BCUT2D eigenvalue weighted by Gasteiger charge is -2.43. The van der Waals surface area contributed by atoms with Gasteiger partial charge in [0.15, 0.2) is 0 Å². The maximum Gasteiger partial charge on any atom is 0.410 e. The molecule has 6 rings (SSSR count). The smallest absolute Gasteiger partial charge is 0.410 e. The van der Waals surface area contributed by atoms with E-state index in [2.05, 4.69) is 72.0 Å². The number of H-pyrrole nitrogens is 2. The van der Waals surface area contributed by atoms with Gasteiger partial charge in [0, 0.05) is 87.7 Å². The van der Waals surface area contributed by atoms with Gasteiger partial charge in [0.05, 0.1) is 34.8 Å². The molecule has 2 unspecified atom stereocenters. The third kappa shape index (κ3) is 12.5. The number of fused-ring (bicyclic) bond motifs is 4. The average molecular weight is 869 g/mol. The van der Waals surface area contributed by atoms with Crippen LogP contribution in [0.25, 0.3) is 0 Å². The fourth-order valence-electron chi connectivity index (χ4n) is 10.4. The van der Waals surface area contributed by atoms with E-state index in [0.29, 0.717) is 24.9 Å². The first-order valence-electron chi connectivity index (χ1n) is 23.7. The van der Waals surface area contributed by atoms with Crippen LogP contribution < -0.4 is 0 Å². The number of aromatic nitrogens is 4. The molecule has 0 aliphatic carbocycles. The van der Waals surface area contributed by atoms with Crippen LogP contribution in [0.15, 0.2) is 12.4 Å². The molecule has 0 saturated carbocycles. The van der Waals surface area contributed by atoms with Crippen molar-refractivity contribution in [2.45, 2.75) is 205 Å². The van der Waals surface area contributed by atoms with Gasteiger partial charge in [-0.2, -0.15) is 10.2 Å². The van der Waals surface area contributed by atoms with Gasteiger partial charge in [0.25, 0.3) is 0 Å². The molecule has 4 aliphatic heterocycles. The Morgan fingerprint density at radius 2 is 0.903 bits per heavy atom. The highest BCUT2D eigenvalue weighted by Crippen LogP contribution is 2.57. The SMILES string of the molecule is CC[C@]12CC[C@](CC)(CC(c3[nH]ncc3CN(C)CCN(C)C(=O)OC(C)(C)C)C1)O2.CC[C@]12CC[C@](CC)(CC(c3[nH]ncc3CN(C)CCN(C)C(=O)OC(C)(C)C)C1)O2. The van der Waals surface area contributed by atoms with E-state index in [0.717, 1.165) is 77.5 Å². The highest BCUT2D eigenvalue weighted by Gasteiger charge is 2.55. The van der Waals surface area contributed by atoms with Crippen LogP contribution in [0.2, 0.25) is 0 Å². The van der Waals surface area contributed by atoms with Gasteiger partial charge in [-0.25, -0.2) is 9.59 Å². The zero-order chi connectivity index (χ0) is 45.7. The van der Waals surface area contributed by atoms with Gasteiger partial charge in [0.1, 0.15) is 11.2 Å². The van der Waals surface area contributed by atoms with Crippen LogP contribution in [0.5, 0.6) is 0 Å². The van der Waals surface area contributed by atoms with Crippen molar-refractivity contribution < 1.29 is 28.5 Å². The van der Waals surface area contributed by atoms with Gasteiger partial charge in [-0.05, 0) is 133 Å². The van der Waals surface area contributed by atoms with Crippen molar-refractivity contribution in [3.05, 3.63) is 34.9 Å². The summed E-state index contributed by atoms with van der Waals surface area (Å²) in [4.78, 5) is 32.2. The lowest BCUT2D eigenvalue weighted by Crippen LogP contribution is -2.43. The second kappa shape index (κ2) is 19.9. The molecule has 4 saturated heterocycles. The molecule has 0 aromatic carbocycles. The van der Waals surface area contributed by atoms with E-state index in [1.165, 1.54) is 48.2 Å². The summed E-state index contributed by atoms with van der Waals surface area (Å²) < 4.78 is 24.2. The first-order valence-corrected chi connectivity index (χ1v) is 23.7. The molecule has 0 spiro atoms. The zero-order valence-electron chi connectivity index (χ0n) is 41.2. The van der Waals surface area contributed by atoms with Gasteiger partial charge in [-0.3, -0.25) is 10.2 Å². The largest absolute Gasteiger partial charge is 0.444 e. The summed E-state index contributed by atoms with van der Waals surface area (Å²) in [5.41, 5.74) is 4.23. The lowest BCUT2D eigenvalue weighted by atomic mass is 9.79. The molecule has 4 bridgehead atoms. The zero-order valence-corrected chi connectivity index (χ0v) is 41.2. The molecule has 352 valence electrons. The molecule has 14 nitrogen and oxygen atoms in total. The standard InChI is InChI=1S/2C24H42N4O3/c2*1-8-23-10-11-24(9-2,31-23)15-18(14-23)20-19(16-25-26-20)17-27(6)12-13-28(7)21(29)30-22(3,4)5/h2*16,18H,8-15,17H2,1-7H3,(H,25,26)/t2*18?,23-,24+. The molecule has 0 radical (unpaired) electrons. The predicted molar refractivity (Wildman–Crippen MR) is 244 cm³/mol. The minimum absolute atomic E-state index is 0.0311. The van der Waals surface area contributed by atoms with E-state index in [-0.39, 0.29) is 34.6 Å². The van der Waals surface area contributed by atoms with Gasteiger partial charge in [0.2, 0.25) is 0 Å². The molecule has 4 aliphatic rings. The molecule has 2 aromatic heterocycles. The van der Waals surface area contributed by atoms with Crippen molar-refractivity contribution in [3.63, 3.8) is 0 Å². The van der Waals surface area contributed by atoms with Crippen molar-refractivity contribution in [1.29, 1.82) is 0 Å². The summed E-state index contributed by atoms with van der Waals surface area (Å²) in [6.45, 7) is 24.8. The molecule has 6 heterocycles. The normalized spacial score (nSPS) is 28.2. The first-order chi connectivity index (χ1) is 29.0. The number of likely N-dealkylation sites (N-methyl/N-ethyl adjacent to an activating group) is 4. The van der Waals surface area contributed by atoms with E-state index in [1.54, 1.807) is 23.9 Å². The number of ether oxygens (including phenoxy) is 4. The van der Waals surface area contributed by atoms with E-state index < -0.39 is 11.2 Å². The van der Waals surface area contributed by atoms with E-state index >= 15 is 0 Å². The Morgan fingerprint density at radius 1 is 0.597 bits per heavy atom. The Kier molecular flexibility index (Phi) is 16.0. The molecule has 2 N–H and O–H groups in total. The second-order valence-electron chi connectivity index (χ2n) is 21.5. The van der Waals surface area contributed by atoms with E-state index in [9.17, 15) is 9.59 Å². The van der Waals surface area contributed by atoms with Gasteiger partial charge in [-0.1, -0.05) is 27.7 Å². The Bertz CT molecular complexity index is 1600. The van der Waals surface area contributed by atoms with Gasteiger partial charge >= 0.3 is 12.2 Å². The maximum absolute atomic E-state index is 12.2. The molecule has 62 heavy (non-hydrogen) atoms. The topological polar surface area (TPSA) is 141 Å². The van der Waals surface area contributed by atoms with Crippen LogP contribution >= 0.6 is 0 Å². The molecule has 6 atom stereocenters. The number of hydrogen-bond donors (Lipinski definition) is 2. The quantitative estimate of drug-likeness (QED) is 0.168. The molecule has 2 amide bonds. The number of hydrogen-bond acceptors (Lipinski definition) is 10. The van der Waals surface area contributed by atoms with Crippen LogP contribution in [0.4, 0.5) is 9.59 Å². The fraction of sp³-hybridized carbons (Fsp3) is 0.833. The number of nitrogens with one attached hydrogen (secondary N) is 2. The lowest BCUT2D eigenvalue weighted by molar-refractivity contribution is -0.149. The Balaban J connectivity index is 0.000000234. The van der Waals surface area contributed by atoms with Crippen molar-refractivity contribution in [2.75, 3.05) is 54.4 Å². The molecular weight excluding hydrogens is 785 g/mol. The Morgan fingerprint density at radius 3 is 1.18 bits per heavy atom. The number of amides is 2. The van der Waals surface area contributed by atoms with E-state index in [4.69, 9.17) is 18.9 Å². The van der Waals surface area contributed by atoms with Crippen molar-refractivity contribution in [1.82, 2.24) is 40.0 Å². The fourth-order valence-corrected chi connectivity index (χ4v) is 10.4. The number of nitrogens with zero attached hydrogens (tertiary/aromatic N) is 6. The first kappa shape index (κ1) is 49.8. The molecular formula is C48H84N8O6. The number of rotatable bonds is 16. The summed E-state index contributed by atoms with van der Waals surface area (Å²) in [5.74, 6) is 0.929. The van der Waals surface area contributed by atoms with Crippen LogP contribution in [0, 0.1) is 0 Å². The molecule has 14 heteroatoms. The monoisotopic (exact) mass is 869 g/mol. The molecule has 4 fully saturated rings. The van der Waals surface area contributed by atoms with Crippen LogP contribution in [0.3, 0.4) is 0 Å². The van der Waals surface area contributed by atoms with Crippen molar-refractivity contribution >= 4 is 12.2 Å². The minimum Gasteiger partial charge on any atom is -0.444 e. The number of carbonyl (C=O) groups is 2. The van der Waals surface area contributed by atoms with Crippen molar-refractivity contribution in [3.8, 4) is 0 Å². The summed E-state index contributed by atoms with van der Waals surface area (Å²) in [7, 11) is 7.76. The number of carbonyl (C=O) groups excluding carboxylic acids is 2. The maximum atomic E-state index is 12.2.